The quantitative estimate of drug-likeness (QED) is 0.496. The molecule has 34 heavy (non-hydrogen) atoms. The molecule has 6 heteroatoms. The lowest BCUT2D eigenvalue weighted by Crippen LogP contribution is -2.50. The lowest BCUT2D eigenvalue weighted by molar-refractivity contribution is -0.116. The van der Waals surface area contributed by atoms with Crippen molar-refractivity contribution >= 4 is 39.3 Å². The summed E-state index contributed by atoms with van der Waals surface area (Å²) in [6.45, 7) is 2.07. The number of para-hydroxylation sites is 1. The summed E-state index contributed by atoms with van der Waals surface area (Å²) in [5.41, 5.74) is 3.96. The van der Waals surface area contributed by atoms with E-state index >= 15 is 0 Å². The third-order valence-electron chi connectivity index (χ3n) is 6.11. The molecule has 0 spiro atoms. The number of thioether (sulfide) groups is 1. The molecule has 0 fully saturated rings. The van der Waals surface area contributed by atoms with Crippen LogP contribution in [0, 0.1) is 6.92 Å². The van der Waals surface area contributed by atoms with E-state index in [0.717, 1.165) is 32.7 Å². The highest BCUT2D eigenvalue weighted by molar-refractivity contribution is 8.13. The molecular formula is C28H22N4OS. The summed E-state index contributed by atoms with van der Waals surface area (Å²) in [5, 5.41) is 14.1. The van der Waals surface area contributed by atoms with Gasteiger partial charge in [-0.2, -0.15) is 0 Å². The van der Waals surface area contributed by atoms with E-state index in [1.807, 2.05) is 42.5 Å². The van der Waals surface area contributed by atoms with Crippen molar-refractivity contribution in [2.75, 3.05) is 0 Å². The number of hydrazone groups is 1. The molecule has 4 aromatic carbocycles. The molecule has 0 saturated heterocycles. The summed E-state index contributed by atoms with van der Waals surface area (Å²) in [6.07, 6.45) is -0.433. The highest BCUT2D eigenvalue weighted by Gasteiger charge is 2.35. The summed E-state index contributed by atoms with van der Waals surface area (Å²) in [4.78, 5) is 18.4. The van der Waals surface area contributed by atoms with Crippen LogP contribution in [0.2, 0.25) is 0 Å². The van der Waals surface area contributed by atoms with Crippen LogP contribution in [0.3, 0.4) is 0 Å². The highest BCUT2D eigenvalue weighted by Crippen LogP contribution is 2.34. The average molecular weight is 463 g/mol. The second-order valence-corrected chi connectivity index (χ2v) is 9.38. The number of amidine groups is 1. The van der Waals surface area contributed by atoms with Crippen molar-refractivity contribution in [3.8, 4) is 0 Å². The van der Waals surface area contributed by atoms with Crippen molar-refractivity contribution < 1.29 is 4.79 Å². The van der Waals surface area contributed by atoms with Crippen molar-refractivity contribution in [2.24, 2.45) is 10.1 Å². The zero-order chi connectivity index (χ0) is 23.1. The summed E-state index contributed by atoms with van der Waals surface area (Å²) in [6, 6.07) is 30.6. The van der Waals surface area contributed by atoms with Gasteiger partial charge >= 0.3 is 0 Å². The second kappa shape index (κ2) is 8.47. The van der Waals surface area contributed by atoms with Crippen molar-refractivity contribution in [1.82, 2.24) is 10.3 Å². The fourth-order valence-corrected chi connectivity index (χ4v) is 5.21. The third kappa shape index (κ3) is 3.66. The normalized spacial score (nSPS) is 16.9. The van der Waals surface area contributed by atoms with Gasteiger partial charge in [0.05, 0.1) is 5.36 Å². The Morgan fingerprint density at radius 2 is 1.68 bits per heavy atom. The van der Waals surface area contributed by atoms with Gasteiger partial charge in [-0.25, -0.2) is 5.01 Å². The first-order chi connectivity index (χ1) is 16.7. The summed E-state index contributed by atoms with van der Waals surface area (Å²) in [5.74, 6) is 0.559. The molecule has 0 aromatic heterocycles. The van der Waals surface area contributed by atoms with Crippen LogP contribution in [-0.4, -0.2) is 16.1 Å². The number of hydrogen-bond donors (Lipinski definition) is 1. The van der Waals surface area contributed by atoms with Crippen molar-refractivity contribution in [1.29, 1.82) is 0 Å². The Bertz CT molecular complexity index is 1570. The number of hydrogen-bond acceptors (Lipinski definition) is 5. The molecule has 0 radical (unpaired) electrons. The van der Waals surface area contributed by atoms with Crippen LogP contribution in [0.4, 0.5) is 0 Å². The van der Waals surface area contributed by atoms with Crippen LogP contribution in [0.5, 0.6) is 0 Å². The average Bonchev–Trinajstić information content (AvgIpc) is 2.87. The van der Waals surface area contributed by atoms with E-state index in [4.69, 9.17) is 10.1 Å². The predicted molar refractivity (Wildman–Crippen MR) is 137 cm³/mol. The Balaban J connectivity index is 1.46. The standard InChI is InChI=1S/C28H22N4OS/c1-18-13-15-19(16-14-18)17-34-28-30-27(33)25-23-10-4-5-12-24(23)29-26(32(25)31-28)22-11-6-8-20-7-2-3-9-21(20)22/h2-16,26H,17H2,1H3,(H,30,31,33)/t26-/m1/s1. The number of amides is 1. The van der Waals surface area contributed by atoms with Gasteiger partial charge in [0.1, 0.15) is 5.70 Å². The highest BCUT2D eigenvalue weighted by atomic mass is 32.2. The largest absolute Gasteiger partial charge is 0.298 e. The predicted octanol–water partition coefficient (Wildman–Crippen LogP) is 4.22. The van der Waals surface area contributed by atoms with E-state index in [2.05, 4.69) is 60.8 Å². The van der Waals surface area contributed by atoms with Gasteiger partial charge in [0, 0.05) is 16.5 Å². The molecule has 1 amide bonds. The zero-order valence-electron chi connectivity index (χ0n) is 18.6. The van der Waals surface area contributed by atoms with E-state index in [9.17, 15) is 4.79 Å². The Kier molecular flexibility index (Phi) is 5.15. The van der Waals surface area contributed by atoms with Crippen molar-refractivity contribution in [3.63, 3.8) is 0 Å². The second-order valence-electron chi connectivity index (χ2n) is 8.42. The van der Waals surface area contributed by atoms with E-state index in [1.165, 1.54) is 22.9 Å². The number of carbonyl (C=O) groups is 1. The summed E-state index contributed by atoms with van der Waals surface area (Å²) >= 11 is 1.52. The molecule has 0 aliphatic carbocycles. The van der Waals surface area contributed by atoms with E-state index in [-0.39, 0.29) is 5.91 Å². The first-order valence-electron chi connectivity index (χ1n) is 11.2. The monoisotopic (exact) mass is 462 g/mol. The topological polar surface area (TPSA) is 57.1 Å². The number of benzene rings is 4. The lowest BCUT2D eigenvalue weighted by atomic mass is 10.0. The molecule has 5 nitrogen and oxygen atoms in total. The molecule has 4 aromatic rings. The smallest absolute Gasteiger partial charge is 0.276 e. The molecular weight excluding hydrogens is 440 g/mol. The maximum Gasteiger partial charge on any atom is 0.276 e. The number of aryl methyl sites for hydroxylation is 1. The molecule has 0 unspecified atom stereocenters. The van der Waals surface area contributed by atoms with Gasteiger partial charge in [-0.3, -0.25) is 15.1 Å². The Morgan fingerprint density at radius 3 is 2.56 bits per heavy atom. The summed E-state index contributed by atoms with van der Waals surface area (Å²) in [7, 11) is 0. The maximum absolute atomic E-state index is 13.4. The van der Waals surface area contributed by atoms with E-state index < -0.39 is 6.17 Å². The first kappa shape index (κ1) is 20.7. The van der Waals surface area contributed by atoms with Gasteiger partial charge < -0.3 is 0 Å². The summed E-state index contributed by atoms with van der Waals surface area (Å²) < 4.78 is 0. The number of fused-ring (bicyclic) bond motifs is 3. The van der Waals surface area contributed by atoms with Gasteiger partial charge in [-0.05, 0) is 29.3 Å². The molecule has 1 N–H and O–H groups in total. The first-order valence-corrected chi connectivity index (χ1v) is 12.2. The van der Waals surface area contributed by atoms with Crippen molar-refractivity contribution in [2.45, 2.75) is 18.8 Å². The molecule has 166 valence electrons. The fraction of sp³-hybridized carbons (Fsp3) is 0.107. The van der Waals surface area contributed by atoms with Crippen LogP contribution < -0.4 is 15.9 Å². The number of nitrogens with zero attached hydrogens (tertiary/aromatic N) is 3. The minimum absolute atomic E-state index is 0.158. The van der Waals surface area contributed by atoms with Gasteiger partial charge in [-0.15, -0.1) is 5.10 Å². The van der Waals surface area contributed by atoms with Crippen LogP contribution in [-0.2, 0) is 10.5 Å². The third-order valence-corrected chi connectivity index (χ3v) is 7.05. The van der Waals surface area contributed by atoms with Gasteiger partial charge in [0.15, 0.2) is 11.3 Å². The SMILES string of the molecule is Cc1ccc(CSC2=NN3C(=c4ccccc4=N[C@H]3c3cccc4ccccc34)C(=O)N2)cc1. The number of carbonyl (C=O) groups excluding carboxylic acids is 1. The molecule has 0 bridgehead atoms. The zero-order valence-corrected chi connectivity index (χ0v) is 19.4. The maximum atomic E-state index is 13.4. The molecule has 6 rings (SSSR count). The van der Waals surface area contributed by atoms with Crippen LogP contribution in [0.25, 0.3) is 16.5 Å². The molecule has 0 saturated carbocycles. The molecule has 2 aliphatic rings. The van der Waals surface area contributed by atoms with Gasteiger partial charge in [0.2, 0.25) is 0 Å². The minimum Gasteiger partial charge on any atom is -0.298 e. The molecule has 2 heterocycles. The Morgan fingerprint density at radius 1 is 0.912 bits per heavy atom. The Hall–Kier alpha value is -3.90. The van der Waals surface area contributed by atoms with Crippen LogP contribution in [0.15, 0.2) is 101 Å². The van der Waals surface area contributed by atoms with E-state index in [0.29, 0.717) is 10.9 Å². The van der Waals surface area contributed by atoms with Crippen molar-refractivity contribution in [3.05, 3.63) is 118 Å². The molecule has 2 aliphatic heterocycles. The van der Waals surface area contributed by atoms with Crippen LogP contribution in [0.1, 0.15) is 22.9 Å². The fourth-order valence-electron chi connectivity index (χ4n) is 4.41. The molecule has 1 atom stereocenters. The lowest BCUT2D eigenvalue weighted by Gasteiger charge is -2.34. The van der Waals surface area contributed by atoms with Crippen LogP contribution >= 0.6 is 11.8 Å². The minimum atomic E-state index is -0.433. The van der Waals surface area contributed by atoms with Gasteiger partial charge in [0.25, 0.3) is 5.91 Å². The van der Waals surface area contributed by atoms with E-state index in [1.54, 1.807) is 5.01 Å². The number of rotatable bonds is 3. The number of nitrogens with one attached hydrogen (secondary N) is 1. The Labute approximate surface area is 201 Å². The van der Waals surface area contributed by atoms with Gasteiger partial charge in [-0.1, -0.05) is 102 Å².